The summed E-state index contributed by atoms with van der Waals surface area (Å²) < 4.78 is 4.88. The summed E-state index contributed by atoms with van der Waals surface area (Å²) in [5.74, 6) is -1.15. The van der Waals surface area contributed by atoms with Gasteiger partial charge in [0.05, 0.1) is 12.0 Å². The molecule has 3 nitrogen and oxygen atoms in total. The first-order chi connectivity index (χ1) is 4.63. The Kier molecular flexibility index (Phi) is 4.03. The van der Waals surface area contributed by atoms with E-state index in [1.165, 1.54) is 7.11 Å². The molecule has 0 aromatic heterocycles. The van der Waals surface area contributed by atoms with Crippen molar-refractivity contribution in [2.24, 2.45) is 5.92 Å². The maximum atomic E-state index is 10.5. The van der Waals surface area contributed by atoms with Crippen molar-refractivity contribution in [1.29, 1.82) is 0 Å². The van der Waals surface area contributed by atoms with Crippen LogP contribution >= 0.6 is 0 Å². The van der Waals surface area contributed by atoms with Crippen molar-refractivity contribution in [3.8, 4) is 0 Å². The second kappa shape index (κ2) is 4.28. The van der Waals surface area contributed by atoms with Crippen LogP contribution in [0.4, 0.5) is 0 Å². The van der Waals surface area contributed by atoms with Gasteiger partial charge in [-0.15, -0.1) is 0 Å². The number of methoxy groups -OCH3 is 1. The van der Waals surface area contributed by atoms with Gasteiger partial charge in [-0.2, -0.15) is 0 Å². The molecule has 0 bridgehead atoms. The first-order valence-corrected chi connectivity index (χ1v) is 3.39. The summed E-state index contributed by atoms with van der Waals surface area (Å²) in [7, 11) is 1.52. The summed E-state index contributed by atoms with van der Waals surface area (Å²) in [4.78, 5) is 10.5. The van der Waals surface area contributed by atoms with Gasteiger partial charge in [0.15, 0.2) is 0 Å². The van der Waals surface area contributed by atoms with E-state index in [-0.39, 0.29) is 12.0 Å². The second-order valence-corrected chi connectivity index (χ2v) is 2.29. The Balaban J connectivity index is 3.92. The van der Waals surface area contributed by atoms with Gasteiger partial charge in [0, 0.05) is 7.11 Å². The number of aliphatic carboxylic acids is 1. The van der Waals surface area contributed by atoms with Crippen molar-refractivity contribution < 1.29 is 14.6 Å². The number of ether oxygens (including phenoxy) is 1. The molecule has 0 aliphatic rings. The molecule has 2 atom stereocenters. The lowest BCUT2D eigenvalue weighted by Crippen LogP contribution is -2.26. The summed E-state index contributed by atoms with van der Waals surface area (Å²) in [6.45, 7) is 3.61. The summed E-state index contributed by atoms with van der Waals surface area (Å²) in [6.07, 6.45) is 0.423. The summed E-state index contributed by atoms with van der Waals surface area (Å²) >= 11 is 0. The third-order valence-corrected chi connectivity index (χ3v) is 1.70. The average molecular weight is 146 g/mol. The standard InChI is InChI=1S/C7H14O3/c1-4-6(7(8)9)5(2)10-3/h5-6H,4H2,1-3H3,(H,8,9). The largest absolute Gasteiger partial charge is 0.481 e. The lowest BCUT2D eigenvalue weighted by molar-refractivity contribution is -0.146. The fraction of sp³-hybridized carbons (Fsp3) is 0.857. The highest BCUT2D eigenvalue weighted by Crippen LogP contribution is 2.10. The van der Waals surface area contributed by atoms with E-state index in [0.717, 1.165) is 0 Å². The summed E-state index contributed by atoms with van der Waals surface area (Å²) in [5.41, 5.74) is 0. The number of rotatable bonds is 4. The quantitative estimate of drug-likeness (QED) is 0.646. The molecule has 1 N–H and O–H groups in total. The molecule has 0 aromatic rings. The van der Waals surface area contributed by atoms with Crippen LogP contribution in [0.15, 0.2) is 0 Å². The number of hydrogen-bond acceptors (Lipinski definition) is 2. The Labute approximate surface area is 61.0 Å². The molecule has 0 fully saturated rings. The molecule has 0 amide bonds. The van der Waals surface area contributed by atoms with Crippen molar-refractivity contribution in [2.45, 2.75) is 26.4 Å². The normalized spacial score (nSPS) is 16.3. The third-order valence-electron chi connectivity index (χ3n) is 1.70. The Morgan fingerprint density at radius 1 is 1.70 bits per heavy atom. The van der Waals surface area contributed by atoms with Gasteiger partial charge in [0.1, 0.15) is 0 Å². The molecule has 0 aliphatic carbocycles. The van der Waals surface area contributed by atoms with Gasteiger partial charge in [0.25, 0.3) is 0 Å². The maximum Gasteiger partial charge on any atom is 0.309 e. The van der Waals surface area contributed by atoms with Gasteiger partial charge >= 0.3 is 5.97 Å². The van der Waals surface area contributed by atoms with E-state index < -0.39 is 5.97 Å². The summed E-state index contributed by atoms with van der Waals surface area (Å²) in [5, 5.41) is 8.59. The molecular formula is C7H14O3. The molecule has 10 heavy (non-hydrogen) atoms. The van der Waals surface area contributed by atoms with E-state index in [1.807, 2.05) is 6.92 Å². The predicted molar refractivity (Wildman–Crippen MR) is 37.9 cm³/mol. The van der Waals surface area contributed by atoms with Gasteiger partial charge < -0.3 is 9.84 Å². The second-order valence-electron chi connectivity index (χ2n) is 2.29. The molecule has 0 saturated carbocycles. The Morgan fingerprint density at radius 2 is 2.20 bits per heavy atom. The van der Waals surface area contributed by atoms with Crippen LogP contribution in [0.5, 0.6) is 0 Å². The van der Waals surface area contributed by atoms with Crippen LogP contribution in [0.1, 0.15) is 20.3 Å². The minimum Gasteiger partial charge on any atom is -0.481 e. The van der Waals surface area contributed by atoms with Crippen molar-refractivity contribution in [2.75, 3.05) is 7.11 Å². The molecule has 0 rings (SSSR count). The molecule has 3 heteroatoms. The van der Waals surface area contributed by atoms with Gasteiger partial charge in [-0.1, -0.05) is 6.92 Å². The molecule has 0 saturated heterocycles. The van der Waals surface area contributed by atoms with Gasteiger partial charge in [-0.05, 0) is 13.3 Å². The zero-order valence-electron chi connectivity index (χ0n) is 6.63. The molecular weight excluding hydrogens is 132 g/mol. The molecule has 60 valence electrons. The number of carboxylic acids is 1. The van der Waals surface area contributed by atoms with Gasteiger partial charge in [0.2, 0.25) is 0 Å². The molecule has 0 spiro atoms. The average Bonchev–Trinajstić information content (AvgIpc) is 1.88. The van der Waals surface area contributed by atoms with Crippen molar-refractivity contribution in [3.05, 3.63) is 0 Å². The lowest BCUT2D eigenvalue weighted by Gasteiger charge is -2.16. The smallest absolute Gasteiger partial charge is 0.309 e. The van der Waals surface area contributed by atoms with Crippen LogP contribution in [0.25, 0.3) is 0 Å². The third kappa shape index (κ3) is 2.35. The van der Waals surface area contributed by atoms with E-state index in [0.29, 0.717) is 6.42 Å². The van der Waals surface area contributed by atoms with E-state index in [2.05, 4.69) is 0 Å². The molecule has 0 aliphatic heterocycles. The lowest BCUT2D eigenvalue weighted by atomic mass is 10.0. The van der Waals surface area contributed by atoms with E-state index in [4.69, 9.17) is 9.84 Å². The molecule has 0 aromatic carbocycles. The monoisotopic (exact) mass is 146 g/mol. The zero-order chi connectivity index (χ0) is 8.15. The van der Waals surface area contributed by atoms with E-state index in [9.17, 15) is 4.79 Å². The van der Waals surface area contributed by atoms with Crippen LogP contribution in [0.3, 0.4) is 0 Å². The minimum absolute atomic E-state index is 0.192. The predicted octanol–water partition coefficient (Wildman–Crippen LogP) is 1.13. The first-order valence-electron chi connectivity index (χ1n) is 3.39. The summed E-state index contributed by atoms with van der Waals surface area (Å²) in [6, 6.07) is 0. The topological polar surface area (TPSA) is 46.5 Å². The van der Waals surface area contributed by atoms with Crippen LogP contribution in [0.2, 0.25) is 0 Å². The van der Waals surface area contributed by atoms with Crippen LogP contribution in [-0.2, 0) is 9.53 Å². The number of hydrogen-bond donors (Lipinski definition) is 1. The Bertz CT molecular complexity index is 111. The molecule has 0 heterocycles. The highest BCUT2D eigenvalue weighted by Gasteiger charge is 2.21. The SMILES string of the molecule is CCC(C(=O)O)C(C)OC. The first kappa shape index (κ1) is 9.43. The van der Waals surface area contributed by atoms with Crippen LogP contribution in [0, 0.1) is 5.92 Å². The van der Waals surface area contributed by atoms with Crippen LogP contribution < -0.4 is 0 Å². The Morgan fingerprint density at radius 3 is 2.30 bits per heavy atom. The molecule has 0 radical (unpaired) electrons. The highest BCUT2D eigenvalue weighted by molar-refractivity contribution is 5.70. The fourth-order valence-electron chi connectivity index (χ4n) is 0.872. The fourth-order valence-corrected chi connectivity index (χ4v) is 0.872. The van der Waals surface area contributed by atoms with E-state index >= 15 is 0 Å². The van der Waals surface area contributed by atoms with Crippen LogP contribution in [-0.4, -0.2) is 24.3 Å². The van der Waals surface area contributed by atoms with Gasteiger partial charge in [-0.25, -0.2) is 0 Å². The number of carbonyl (C=O) groups is 1. The Hall–Kier alpha value is -0.570. The van der Waals surface area contributed by atoms with E-state index in [1.54, 1.807) is 6.92 Å². The number of carboxylic acid groups (broad SMARTS) is 1. The zero-order valence-corrected chi connectivity index (χ0v) is 6.63. The molecule has 2 unspecified atom stereocenters. The van der Waals surface area contributed by atoms with Crippen molar-refractivity contribution in [3.63, 3.8) is 0 Å². The van der Waals surface area contributed by atoms with Gasteiger partial charge in [-0.3, -0.25) is 4.79 Å². The minimum atomic E-state index is -0.781. The van der Waals surface area contributed by atoms with Crippen molar-refractivity contribution >= 4 is 5.97 Å². The highest BCUT2D eigenvalue weighted by atomic mass is 16.5. The van der Waals surface area contributed by atoms with Crippen molar-refractivity contribution in [1.82, 2.24) is 0 Å². The maximum absolute atomic E-state index is 10.5.